The molecule has 1 aromatic rings. The van der Waals surface area contributed by atoms with Gasteiger partial charge in [-0.1, -0.05) is 33.6 Å². The highest BCUT2D eigenvalue weighted by Crippen LogP contribution is 2.33. The molecule has 1 unspecified atom stereocenters. The fourth-order valence-corrected chi connectivity index (χ4v) is 2.87. The molecule has 1 atom stereocenters. The minimum absolute atomic E-state index is 0.459. The van der Waals surface area contributed by atoms with Gasteiger partial charge in [0, 0.05) is 19.8 Å². The molecule has 0 aliphatic carbocycles. The largest absolute Gasteiger partial charge is 0.316 e. The molecule has 0 radical (unpaired) electrons. The first-order chi connectivity index (χ1) is 9.65. The summed E-state index contributed by atoms with van der Waals surface area (Å²) in [5, 5.41) is 7.94. The number of aromatic nitrogens is 2. The summed E-state index contributed by atoms with van der Waals surface area (Å²) in [7, 11) is 2.00. The number of nitrogens with one attached hydrogen (secondary N) is 1. The first-order valence-corrected chi connectivity index (χ1v) is 8.34. The van der Waals surface area contributed by atoms with Crippen LogP contribution in [0.2, 0.25) is 0 Å². The van der Waals surface area contributed by atoms with E-state index in [-0.39, 0.29) is 0 Å². The molecule has 20 heavy (non-hydrogen) atoms. The van der Waals surface area contributed by atoms with Crippen molar-refractivity contribution in [2.75, 3.05) is 13.1 Å². The van der Waals surface area contributed by atoms with E-state index < -0.39 is 0 Å². The van der Waals surface area contributed by atoms with Gasteiger partial charge in [-0.3, -0.25) is 4.68 Å². The molecule has 0 saturated heterocycles. The Hall–Kier alpha value is -0.830. The molecule has 0 fully saturated rings. The molecule has 0 spiro atoms. The highest BCUT2D eigenvalue weighted by Gasteiger charge is 2.26. The summed E-state index contributed by atoms with van der Waals surface area (Å²) >= 11 is 0. The van der Waals surface area contributed by atoms with Crippen molar-refractivity contribution in [1.29, 1.82) is 0 Å². The van der Waals surface area contributed by atoms with Gasteiger partial charge >= 0.3 is 0 Å². The molecule has 1 rings (SSSR count). The van der Waals surface area contributed by atoms with E-state index in [9.17, 15) is 0 Å². The maximum Gasteiger partial charge on any atom is 0.0521 e. The molecule has 3 nitrogen and oxygen atoms in total. The fraction of sp³-hybridized carbons (Fsp3) is 0.824. The van der Waals surface area contributed by atoms with Crippen molar-refractivity contribution in [1.82, 2.24) is 15.1 Å². The zero-order chi connectivity index (χ0) is 14.8. The molecule has 0 aliphatic rings. The lowest BCUT2D eigenvalue weighted by Crippen LogP contribution is -2.35. The minimum Gasteiger partial charge on any atom is -0.316 e. The Kier molecular flexibility index (Phi) is 7.90. The predicted octanol–water partition coefficient (Wildman–Crippen LogP) is 3.94. The molecule has 0 aliphatic heterocycles. The number of nitrogens with zero attached hydrogens (tertiary/aromatic N) is 2. The van der Waals surface area contributed by atoms with E-state index in [0.29, 0.717) is 5.41 Å². The van der Waals surface area contributed by atoms with Crippen molar-refractivity contribution < 1.29 is 0 Å². The molecular weight excluding hydrogens is 246 g/mol. The van der Waals surface area contributed by atoms with Crippen LogP contribution in [0.5, 0.6) is 0 Å². The summed E-state index contributed by atoms with van der Waals surface area (Å²) in [5.74, 6) is 0. The van der Waals surface area contributed by atoms with Gasteiger partial charge in [0.05, 0.1) is 6.20 Å². The van der Waals surface area contributed by atoms with Crippen LogP contribution >= 0.6 is 0 Å². The van der Waals surface area contributed by atoms with Crippen molar-refractivity contribution in [2.45, 2.75) is 65.7 Å². The SMILES string of the molecule is CCCCC(CC)(CCc1cnn(C)c1)CNCCC. The van der Waals surface area contributed by atoms with Crippen molar-refractivity contribution in [2.24, 2.45) is 12.5 Å². The fourth-order valence-electron chi connectivity index (χ4n) is 2.87. The van der Waals surface area contributed by atoms with E-state index >= 15 is 0 Å². The average Bonchev–Trinajstić information content (AvgIpc) is 2.87. The van der Waals surface area contributed by atoms with E-state index in [1.54, 1.807) is 0 Å². The first kappa shape index (κ1) is 17.2. The molecule has 3 heteroatoms. The Balaban J connectivity index is 2.58. The average molecular weight is 279 g/mol. The van der Waals surface area contributed by atoms with E-state index in [1.807, 2.05) is 17.9 Å². The third-order valence-corrected chi connectivity index (χ3v) is 4.44. The molecule has 1 N–H and O–H groups in total. The van der Waals surface area contributed by atoms with E-state index in [1.165, 1.54) is 44.1 Å². The van der Waals surface area contributed by atoms with E-state index in [0.717, 1.165) is 19.5 Å². The lowest BCUT2D eigenvalue weighted by molar-refractivity contribution is 0.212. The topological polar surface area (TPSA) is 29.9 Å². The van der Waals surface area contributed by atoms with Crippen LogP contribution in [0, 0.1) is 5.41 Å². The van der Waals surface area contributed by atoms with Crippen molar-refractivity contribution in [3.63, 3.8) is 0 Å². The summed E-state index contributed by atoms with van der Waals surface area (Å²) in [6.07, 6.45) is 13.1. The van der Waals surface area contributed by atoms with Crippen LogP contribution in [-0.4, -0.2) is 22.9 Å². The Morgan fingerprint density at radius 1 is 1.20 bits per heavy atom. The van der Waals surface area contributed by atoms with Gasteiger partial charge in [0.1, 0.15) is 0 Å². The van der Waals surface area contributed by atoms with Gasteiger partial charge in [-0.2, -0.15) is 5.10 Å². The highest BCUT2D eigenvalue weighted by molar-refractivity contribution is 5.04. The van der Waals surface area contributed by atoms with Crippen LogP contribution in [0.25, 0.3) is 0 Å². The van der Waals surface area contributed by atoms with Gasteiger partial charge in [-0.05, 0) is 49.6 Å². The zero-order valence-corrected chi connectivity index (χ0v) is 13.9. The van der Waals surface area contributed by atoms with Crippen molar-refractivity contribution >= 4 is 0 Å². The molecule has 0 bridgehead atoms. The third kappa shape index (κ3) is 5.66. The summed E-state index contributed by atoms with van der Waals surface area (Å²) in [4.78, 5) is 0. The van der Waals surface area contributed by atoms with Gasteiger partial charge in [0.25, 0.3) is 0 Å². The van der Waals surface area contributed by atoms with Gasteiger partial charge in [0.15, 0.2) is 0 Å². The van der Waals surface area contributed by atoms with Crippen LogP contribution in [0.3, 0.4) is 0 Å². The van der Waals surface area contributed by atoms with Crippen LogP contribution in [0.15, 0.2) is 12.4 Å². The van der Waals surface area contributed by atoms with Gasteiger partial charge < -0.3 is 5.32 Å². The highest BCUT2D eigenvalue weighted by atomic mass is 15.2. The number of aryl methyl sites for hydroxylation is 2. The van der Waals surface area contributed by atoms with Gasteiger partial charge in [0.2, 0.25) is 0 Å². The summed E-state index contributed by atoms with van der Waals surface area (Å²) < 4.78 is 1.91. The smallest absolute Gasteiger partial charge is 0.0521 e. The second-order valence-corrected chi connectivity index (χ2v) is 6.16. The van der Waals surface area contributed by atoms with E-state index in [2.05, 4.69) is 37.4 Å². The second kappa shape index (κ2) is 9.17. The van der Waals surface area contributed by atoms with Crippen LogP contribution in [0.1, 0.15) is 64.9 Å². The zero-order valence-electron chi connectivity index (χ0n) is 13.9. The standard InChI is InChI=1S/C17H33N3/c1-5-8-10-17(7-3,15-18-12-6-2)11-9-16-13-19-20(4)14-16/h13-14,18H,5-12,15H2,1-4H3. The van der Waals surface area contributed by atoms with Crippen LogP contribution < -0.4 is 5.32 Å². The Morgan fingerprint density at radius 3 is 2.55 bits per heavy atom. The third-order valence-electron chi connectivity index (χ3n) is 4.44. The number of hydrogen-bond donors (Lipinski definition) is 1. The Labute approximate surface area is 125 Å². The maximum absolute atomic E-state index is 4.28. The molecule has 116 valence electrons. The monoisotopic (exact) mass is 279 g/mol. The number of hydrogen-bond acceptors (Lipinski definition) is 2. The van der Waals surface area contributed by atoms with Crippen molar-refractivity contribution in [3.8, 4) is 0 Å². The molecule has 0 aromatic carbocycles. The van der Waals surface area contributed by atoms with Crippen molar-refractivity contribution in [3.05, 3.63) is 18.0 Å². The van der Waals surface area contributed by atoms with Crippen LogP contribution in [0.4, 0.5) is 0 Å². The first-order valence-electron chi connectivity index (χ1n) is 8.34. The van der Waals surface area contributed by atoms with Gasteiger partial charge in [-0.15, -0.1) is 0 Å². The molecule has 1 aromatic heterocycles. The quantitative estimate of drug-likeness (QED) is 0.622. The van der Waals surface area contributed by atoms with E-state index in [4.69, 9.17) is 0 Å². The molecule has 0 saturated carbocycles. The normalized spacial score (nSPS) is 14.4. The summed E-state index contributed by atoms with van der Waals surface area (Å²) in [5.41, 5.74) is 1.83. The molecule has 0 amide bonds. The Bertz CT molecular complexity index is 359. The summed E-state index contributed by atoms with van der Waals surface area (Å²) in [6, 6.07) is 0. The minimum atomic E-state index is 0.459. The second-order valence-electron chi connectivity index (χ2n) is 6.16. The molecule has 1 heterocycles. The molecular formula is C17H33N3. The maximum atomic E-state index is 4.28. The lowest BCUT2D eigenvalue weighted by Gasteiger charge is -2.33. The van der Waals surface area contributed by atoms with Gasteiger partial charge in [-0.25, -0.2) is 0 Å². The number of rotatable bonds is 11. The Morgan fingerprint density at radius 2 is 2.00 bits per heavy atom. The van der Waals surface area contributed by atoms with Crippen LogP contribution in [-0.2, 0) is 13.5 Å². The number of unbranched alkanes of at least 4 members (excludes halogenated alkanes) is 1. The lowest BCUT2D eigenvalue weighted by atomic mass is 9.75. The predicted molar refractivity (Wildman–Crippen MR) is 86.9 cm³/mol. The summed E-state index contributed by atoms with van der Waals surface area (Å²) in [6.45, 7) is 9.19.